The Kier molecular flexibility index (Phi) is 6.26. The van der Waals surface area contributed by atoms with Crippen molar-refractivity contribution >= 4 is 21.7 Å². The van der Waals surface area contributed by atoms with Gasteiger partial charge in [-0.25, -0.2) is 0 Å². The topological polar surface area (TPSA) is 63.6 Å². The molecule has 1 rings (SSSR count). The number of hydrogen-bond donors (Lipinski definition) is 1. The van der Waals surface area contributed by atoms with Gasteiger partial charge in [-0.05, 0) is 25.5 Å². The van der Waals surface area contributed by atoms with E-state index in [9.17, 15) is 13.5 Å². The number of aliphatic hydroxyl groups is 1. The summed E-state index contributed by atoms with van der Waals surface area (Å²) in [5.41, 5.74) is 0.961. The summed E-state index contributed by atoms with van der Waals surface area (Å²) in [6.07, 6.45) is 0.425. The van der Waals surface area contributed by atoms with Crippen molar-refractivity contribution in [2.24, 2.45) is 0 Å². The number of aryl methyl sites for hydroxylation is 1. The Hall–Kier alpha value is -0.620. The molecule has 2 atom stereocenters. The zero-order valence-electron chi connectivity index (χ0n) is 11.0. The number of aliphatic hydroxyl groups excluding tert-OH is 1. The van der Waals surface area contributed by atoms with Crippen molar-refractivity contribution in [3.8, 4) is 0 Å². The van der Waals surface area contributed by atoms with Crippen LogP contribution in [-0.4, -0.2) is 31.6 Å². The molecule has 0 aliphatic rings. The van der Waals surface area contributed by atoms with Gasteiger partial charge in [0.2, 0.25) is 0 Å². The summed E-state index contributed by atoms with van der Waals surface area (Å²) in [5.74, 6) is 0. The third-order valence-electron chi connectivity index (χ3n) is 2.69. The minimum atomic E-state index is -3.84. The second-order valence-corrected chi connectivity index (χ2v) is 6.60. The summed E-state index contributed by atoms with van der Waals surface area (Å²) in [6.45, 7) is 3.47. The first-order chi connectivity index (χ1) is 8.86. The van der Waals surface area contributed by atoms with Crippen molar-refractivity contribution in [3.63, 3.8) is 0 Å². The van der Waals surface area contributed by atoms with E-state index in [0.717, 1.165) is 12.0 Å². The fourth-order valence-electron chi connectivity index (χ4n) is 1.50. The normalized spacial score (nSPS) is 15.2. The van der Waals surface area contributed by atoms with Crippen LogP contribution in [0.25, 0.3) is 0 Å². The fraction of sp³-hybridized carbons (Fsp3) is 0.538. The SMILES string of the molecule is CCC[C@H](Cl)[C@H](O)COS(=O)(=O)c1ccc(C)cc1. The first-order valence-corrected chi connectivity index (χ1v) is 7.99. The Bertz CT molecular complexity index is 484. The molecule has 19 heavy (non-hydrogen) atoms. The molecule has 0 fully saturated rings. The minimum absolute atomic E-state index is 0.0758. The Morgan fingerprint density at radius 3 is 2.42 bits per heavy atom. The lowest BCUT2D eigenvalue weighted by Gasteiger charge is -2.16. The third kappa shape index (κ3) is 5.10. The number of rotatable bonds is 7. The van der Waals surface area contributed by atoms with Crippen molar-refractivity contribution in [2.45, 2.75) is 43.1 Å². The van der Waals surface area contributed by atoms with Crippen LogP contribution in [-0.2, 0) is 14.3 Å². The highest BCUT2D eigenvalue weighted by molar-refractivity contribution is 7.86. The van der Waals surface area contributed by atoms with E-state index in [1.54, 1.807) is 12.1 Å². The number of benzene rings is 1. The second kappa shape index (κ2) is 7.24. The average molecular weight is 307 g/mol. The van der Waals surface area contributed by atoms with E-state index in [-0.39, 0.29) is 11.5 Å². The van der Waals surface area contributed by atoms with Crippen LogP contribution in [0, 0.1) is 6.92 Å². The van der Waals surface area contributed by atoms with Crippen LogP contribution in [0.2, 0.25) is 0 Å². The molecule has 4 nitrogen and oxygen atoms in total. The first-order valence-electron chi connectivity index (χ1n) is 6.15. The standard InChI is InChI=1S/C13H19ClO4S/c1-3-4-12(14)13(15)9-18-19(16,17)11-7-5-10(2)6-8-11/h5-8,12-13,15H,3-4,9H2,1-2H3/t12-,13+/m0/s1. The molecule has 1 aromatic rings. The van der Waals surface area contributed by atoms with E-state index in [4.69, 9.17) is 15.8 Å². The second-order valence-electron chi connectivity index (χ2n) is 4.42. The van der Waals surface area contributed by atoms with Gasteiger partial charge in [-0.1, -0.05) is 31.0 Å². The van der Waals surface area contributed by atoms with Gasteiger partial charge in [0.25, 0.3) is 10.1 Å². The van der Waals surface area contributed by atoms with Crippen LogP contribution < -0.4 is 0 Å². The number of halogens is 1. The van der Waals surface area contributed by atoms with Crippen LogP contribution in [0.3, 0.4) is 0 Å². The lowest BCUT2D eigenvalue weighted by atomic mass is 10.2. The lowest BCUT2D eigenvalue weighted by Crippen LogP contribution is -2.27. The Labute approximate surface area is 119 Å². The van der Waals surface area contributed by atoms with Crippen LogP contribution in [0.4, 0.5) is 0 Å². The molecule has 0 heterocycles. The maximum Gasteiger partial charge on any atom is 0.297 e. The van der Waals surface area contributed by atoms with Gasteiger partial charge in [-0.15, -0.1) is 11.6 Å². The third-order valence-corrected chi connectivity index (χ3v) is 4.49. The molecule has 0 saturated heterocycles. The summed E-state index contributed by atoms with van der Waals surface area (Å²) in [7, 11) is -3.84. The Balaban J connectivity index is 2.63. The predicted octanol–water partition coefficient (Wildman–Crippen LogP) is 2.47. The van der Waals surface area contributed by atoms with E-state index in [1.807, 2.05) is 13.8 Å². The van der Waals surface area contributed by atoms with Gasteiger partial charge < -0.3 is 5.11 Å². The van der Waals surface area contributed by atoms with Crippen LogP contribution >= 0.6 is 11.6 Å². The molecule has 108 valence electrons. The maximum absolute atomic E-state index is 11.9. The van der Waals surface area contributed by atoms with Gasteiger partial charge in [-0.2, -0.15) is 8.42 Å². The van der Waals surface area contributed by atoms with Gasteiger partial charge in [0.05, 0.1) is 23.0 Å². The van der Waals surface area contributed by atoms with Crippen LogP contribution in [0.5, 0.6) is 0 Å². The summed E-state index contributed by atoms with van der Waals surface area (Å²) in [5, 5.41) is 9.18. The molecule has 0 aliphatic carbocycles. The monoisotopic (exact) mass is 306 g/mol. The number of alkyl halides is 1. The molecule has 0 spiro atoms. The van der Waals surface area contributed by atoms with Crippen LogP contribution in [0.1, 0.15) is 25.3 Å². The molecule has 0 amide bonds. The largest absolute Gasteiger partial charge is 0.389 e. The van der Waals surface area contributed by atoms with Crippen molar-refractivity contribution in [1.29, 1.82) is 0 Å². The molecular weight excluding hydrogens is 288 g/mol. The van der Waals surface area contributed by atoms with E-state index >= 15 is 0 Å². The fourth-order valence-corrected chi connectivity index (χ4v) is 2.72. The minimum Gasteiger partial charge on any atom is -0.389 e. The number of hydrogen-bond acceptors (Lipinski definition) is 4. The smallest absolute Gasteiger partial charge is 0.297 e. The molecule has 6 heteroatoms. The van der Waals surface area contributed by atoms with E-state index < -0.39 is 21.6 Å². The van der Waals surface area contributed by atoms with E-state index in [0.29, 0.717) is 6.42 Å². The Morgan fingerprint density at radius 1 is 1.32 bits per heavy atom. The van der Waals surface area contributed by atoms with Crippen molar-refractivity contribution in [3.05, 3.63) is 29.8 Å². The van der Waals surface area contributed by atoms with E-state index in [1.165, 1.54) is 12.1 Å². The molecule has 0 aliphatic heterocycles. The average Bonchev–Trinajstić information content (AvgIpc) is 2.37. The maximum atomic E-state index is 11.9. The van der Waals surface area contributed by atoms with Gasteiger partial charge in [0, 0.05) is 0 Å². The highest BCUT2D eigenvalue weighted by Crippen LogP contribution is 2.16. The molecule has 0 saturated carbocycles. The van der Waals surface area contributed by atoms with Crippen molar-refractivity contribution in [2.75, 3.05) is 6.61 Å². The molecule has 0 unspecified atom stereocenters. The summed E-state index contributed by atoms with van der Waals surface area (Å²) in [6, 6.07) is 6.32. The van der Waals surface area contributed by atoms with Gasteiger partial charge in [-0.3, -0.25) is 4.18 Å². The molecule has 1 aromatic carbocycles. The van der Waals surface area contributed by atoms with E-state index in [2.05, 4.69) is 0 Å². The quantitative estimate of drug-likeness (QED) is 0.621. The van der Waals surface area contributed by atoms with Crippen LogP contribution in [0.15, 0.2) is 29.2 Å². The van der Waals surface area contributed by atoms with Gasteiger partial charge in [0.1, 0.15) is 0 Å². The van der Waals surface area contributed by atoms with Gasteiger partial charge >= 0.3 is 0 Å². The Morgan fingerprint density at radius 2 is 1.89 bits per heavy atom. The van der Waals surface area contributed by atoms with Gasteiger partial charge in [0.15, 0.2) is 0 Å². The zero-order valence-corrected chi connectivity index (χ0v) is 12.6. The summed E-state index contributed by atoms with van der Waals surface area (Å²) < 4.78 is 28.5. The first kappa shape index (κ1) is 16.4. The molecule has 0 aromatic heterocycles. The molecule has 0 radical (unpaired) electrons. The summed E-state index contributed by atoms with van der Waals surface area (Å²) in [4.78, 5) is 0.0758. The predicted molar refractivity (Wildman–Crippen MR) is 74.9 cm³/mol. The van der Waals surface area contributed by atoms with Crippen molar-refractivity contribution < 1.29 is 17.7 Å². The van der Waals surface area contributed by atoms with Crippen molar-refractivity contribution in [1.82, 2.24) is 0 Å². The highest BCUT2D eigenvalue weighted by Gasteiger charge is 2.21. The highest BCUT2D eigenvalue weighted by atomic mass is 35.5. The molecule has 0 bridgehead atoms. The lowest BCUT2D eigenvalue weighted by molar-refractivity contribution is 0.104. The molecular formula is C13H19ClO4S. The molecule has 1 N–H and O–H groups in total. The zero-order chi connectivity index (χ0) is 14.5. The summed E-state index contributed by atoms with van der Waals surface area (Å²) >= 11 is 5.90.